The van der Waals surface area contributed by atoms with E-state index in [1.165, 1.54) is 65.0 Å². The van der Waals surface area contributed by atoms with Crippen molar-refractivity contribution in [3.8, 4) is 0 Å². The predicted octanol–water partition coefficient (Wildman–Crippen LogP) is 2.41. The van der Waals surface area contributed by atoms with Gasteiger partial charge in [-0.1, -0.05) is 6.92 Å². The first-order chi connectivity index (χ1) is 7.74. The summed E-state index contributed by atoms with van der Waals surface area (Å²) in [6, 6.07) is 0.465. The first-order valence-corrected chi connectivity index (χ1v) is 6.94. The molecule has 118 valence electrons. The molecule has 0 unspecified atom stereocenters. The smallest absolute Gasteiger partial charge is 0.0109 e. The van der Waals surface area contributed by atoms with Crippen molar-refractivity contribution in [1.29, 1.82) is 0 Å². The lowest BCUT2D eigenvalue weighted by Crippen LogP contribution is -2.44. The molecule has 0 amide bonds. The zero-order valence-electron chi connectivity index (χ0n) is 11.9. The Morgan fingerprint density at radius 2 is 1.16 bits per heavy atom. The molecule has 6 heteroatoms. The minimum absolute atomic E-state index is 0. The summed E-state index contributed by atoms with van der Waals surface area (Å²) in [5.74, 6) is 0.948. The Morgan fingerprint density at radius 1 is 0.789 bits per heavy atom. The standard InChI is InChI=1S/C13H27N3.3ClH/c1-12-2-6-15(7-3-12)10-11-16-8-4-13(14)5-9-16;;;/h12-13H,2-11,14H2,1H3;3*1H. The third kappa shape index (κ3) is 7.93. The van der Waals surface area contributed by atoms with Crippen molar-refractivity contribution in [3.05, 3.63) is 0 Å². The molecule has 2 aliphatic heterocycles. The van der Waals surface area contributed by atoms with Crippen molar-refractivity contribution in [2.75, 3.05) is 39.3 Å². The predicted molar refractivity (Wildman–Crippen MR) is 90.2 cm³/mol. The number of nitrogens with two attached hydrogens (primary N) is 1. The van der Waals surface area contributed by atoms with Gasteiger partial charge in [-0.15, -0.1) is 37.2 Å². The van der Waals surface area contributed by atoms with Crippen LogP contribution in [0.5, 0.6) is 0 Å². The lowest BCUT2D eigenvalue weighted by molar-refractivity contribution is 0.145. The fourth-order valence-corrected chi connectivity index (χ4v) is 2.75. The van der Waals surface area contributed by atoms with Crippen molar-refractivity contribution in [1.82, 2.24) is 9.80 Å². The van der Waals surface area contributed by atoms with Gasteiger partial charge in [0.25, 0.3) is 0 Å². The Labute approximate surface area is 136 Å². The molecule has 19 heavy (non-hydrogen) atoms. The molecule has 2 saturated heterocycles. The van der Waals surface area contributed by atoms with Gasteiger partial charge in [0.1, 0.15) is 0 Å². The van der Waals surface area contributed by atoms with Crippen LogP contribution in [0.1, 0.15) is 32.6 Å². The van der Waals surface area contributed by atoms with Gasteiger partial charge in [-0.2, -0.15) is 0 Å². The topological polar surface area (TPSA) is 32.5 Å². The van der Waals surface area contributed by atoms with Crippen LogP contribution >= 0.6 is 37.2 Å². The van der Waals surface area contributed by atoms with E-state index in [0.29, 0.717) is 6.04 Å². The average Bonchev–Trinajstić information content (AvgIpc) is 2.30. The van der Waals surface area contributed by atoms with E-state index in [4.69, 9.17) is 5.73 Å². The van der Waals surface area contributed by atoms with E-state index in [1.807, 2.05) is 0 Å². The number of halogens is 3. The number of piperidine rings is 2. The normalized spacial score (nSPS) is 23.1. The van der Waals surface area contributed by atoms with Crippen LogP contribution < -0.4 is 5.73 Å². The molecule has 3 nitrogen and oxygen atoms in total. The molecule has 2 rings (SSSR count). The molecule has 0 aromatic rings. The summed E-state index contributed by atoms with van der Waals surface area (Å²) in [4.78, 5) is 5.22. The SMILES string of the molecule is CC1CCN(CCN2CCC(N)CC2)CC1.Cl.Cl.Cl. The molecule has 0 radical (unpaired) electrons. The second-order valence-electron chi connectivity index (χ2n) is 5.70. The molecule has 2 heterocycles. The van der Waals surface area contributed by atoms with Crippen LogP contribution in [-0.4, -0.2) is 55.1 Å². The van der Waals surface area contributed by atoms with E-state index in [0.717, 1.165) is 5.92 Å². The maximum absolute atomic E-state index is 5.91. The Balaban J connectivity index is 0. The molecular formula is C13H30Cl3N3. The van der Waals surface area contributed by atoms with Crippen LogP contribution in [0, 0.1) is 5.92 Å². The van der Waals surface area contributed by atoms with Crippen LogP contribution in [0.15, 0.2) is 0 Å². The van der Waals surface area contributed by atoms with Crippen LogP contribution in [0.4, 0.5) is 0 Å². The molecule has 2 fully saturated rings. The number of nitrogens with zero attached hydrogens (tertiary/aromatic N) is 2. The number of hydrogen-bond donors (Lipinski definition) is 1. The third-order valence-corrected chi connectivity index (χ3v) is 4.24. The summed E-state index contributed by atoms with van der Waals surface area (Å²) < 4.78 is 0. The van der Waals surface area contributed by atoms with Gasteiger partial charge >= 0.3 is 0 Å². The fraction of sp³-hybridized carbons (Fsp3) is 1.00. The van der Waals surface area contributed by atoms with Gasteiger partial charge < -0.3 is 15.5 Å². The molecule has 0 atom stereocenters. The van der Waals surface area contributed by atoms with Gasteiger partial charge in [-0.05, 0) is 57.8 Å². The molecule has 0 aliphatic carbocycles. The highest BCUT2D eigenvalue weighted by Gasteiger charge is 2.18. The summed E-state index contributed by atoms with van der Waals surface area (Å²) >= 11 is 0. The number of rotatable bonds is 3. The lowest BCUT2D eigenvalue weighted by Gasteiger charge is -2.34. The van der Waals surface area contributed by atoms with Gasteiger partial charge in [0.15, 0.2) is 0 Å². The minimum Gasteiger partial charge on any atom is -0.328 e. The van der Waals surface area contributed by atoms with Gasteiger partial charge in [0.05, 0.1) is 0 Å². The monoisotopic (exact) mass is 333 g/mol. The average molecular weight is 335 g/mol. The van der Waals surface area contributed by atoms with Gasteiger partial charge in [0.2, 0.25) is 0 Å². The van der Waals surface area contributed by atoms with E-state index in [-0.39, 0.29) is 37.2 Å². The molecule has 0 saturated carbocycles. The third-order valence-electron chi connectivity index (χ3n) is 4.24. The van der Waals surface area contributed by atoms with Gasteiger partial charge in [0, 0.05) is 19.1 Å². The fourth-order valence-electron chi connectivity index (χ4n) is 2.75. The second-order valence-corrected chi connectivity index (χ2v) is 5.70. The quantitative estimate of drug-likeness (QED) is 0.860. The first kappa shape index (κ1) is 22.0. The van der Waals surface area contributed by atoms with E-state index in [2.05, 4.69) is 16.7 Å². The highest BCUT2D eigenvalue weighted by atomic mass is 35.5. The van der Waals surface area contributed by atoms with Crippen molar-refractivity contribution < 1.29 is 0 Å². The summed E-state index contributed by atoms with van der Waals surface area (Å²) in [5.41, 5.74) is 5.91. The molecule has 0 aromatic carbocycles. The Kier molecular flexibility index (Phi) is 13.2. The van der Waals surface area contributed by atoms with Crippen molar-refractivity contribution >= 4 is 37.2 Å². The Morgan fingerprint density at radius 3 is 1.58 bits per heavy atom. The summed E-state index contributed by atoms with van der Waals surface area (Å²) in [6.45, 7) is 9.95. The molecule has 2 N–H and O–H groups in total. The number of likely N-dealkylation sites (tertiary alicyclic amines) is 2. The second kappa shape index (κ2) is 11.4. The van der Waals surface area contributed by atoms with E-state index in [9.17, 15) is 0 Å². The van der Waals surface area contributed by atoms with Crippen LogP contribution in [-0.2, 0) is 0 Å². The number of hydrogen-bond acceptors (Lipinski definition) is 3. The summed E-state index contributed by atoms with van der Waals surface area (Å²) in [6.07, 6.45) is 5.17. The van der Waals surface area contributed by atoms with Crippen LogP contribution in [0.25, 0.3) is 0 Å². The zero-order valence-corrected chi connectivity index (χ0v) is 14.4. The molecule has 0 aromatic heterocycles. The van der Waals surface area contributed by atoms with Crippen LogP contribution in [0.2, 0.25) is 0 Å². The van der Waals surface area contributed by atoms with Crippen LogP contribution in [0.3, 0.4) is 0 Å². The molecule has 0 spiro atoms. The molecule has 2 aliphatic rings. The van der Waals surface area contributed by atoms with E-state index in [1.54, 1.807) is 0 Å². The van der Waals surface area contributed by atoms with Gasteiger partial charge in [-0.3, -0.25) is 0 Å². The maximum atomic E-state index is 5.91. The molecular weight excluding hydrogens is 305 g/mol. The van der Waals surface area contributed by atoms with E-state index >= 15 is 0 Å². The first-order valence-electron chi connectivity index (χ1n) is 6.94. The lowest BCUT2D eigenvalue weighted by atomic mass is 9.99. The Hall–Kier alpha value is 0.750. The zero-order chi connectivity index (χ0) is 11.4. The maximum Gasteiger partial charge on any atom is 0.0109 e. The largest absolute Gasteiger partial charge is 0.328 e. The Bertz CT molecular complexity index is 181. The van der Waals surface area contributed by atoms with Crippen molar-refractivity contribution in [2.24, 2.45) is 11.7 Å². The highest BCUT2D eigenvalue weighted by Crippen LogP contribution is 2.16. The van der Waals surface area contributed by atoms with Gasteiger partial charge in [-0.25, -0.2) is 0 Å². The van der Waals surface area contributed by atoms with Crippen molar-refractivity contribution in [2.45, 2.75) is 38.6 Å². The minimum atomic E-state index is 0. The summed E-state index contributed by atoms with van der Waals surface area (Å²) in [5, 5.41) is 0. The highest BCUT2D eigenvalue weighted by molar-refractivity contribution is 5.86. The van der Waals surface area contributed by atoms with Crippen molar-refractivity contribution in [3.63, 3.8) is 0 Å². The molecule has 0 bridgehead atoms. The summed E-state index contributed by atoms with van der Waals surface area (Å²) in [7, 11) is 0. The van der Waals surface area contributed by atoms with E-state index < -0.39 is 0 Å².